The molecule has 0 spiro atoms. The summed E-state index contributed by atoms with van der Waals surface area (Å²) in [4.78, 5) is 27.1. The fourth-order valence-corrected chi connectivity index (χ4v) is 7.25. The quantitative estimate of drug-likeness (QED) is 0.409. The number of hydrogen-bond acceptors (Lipinski definition) is 2. The Morgan fingerprint density at radius 1 is 0.974 bits per heavy atom. The summed E-state index contributed by atoms with van der Waals surface area (Å²) in [6.07, 6.45) is 0.362. The Bertz CT molecular complexity index is 1220. The highest BCUT2D eigenvalue weighted by Gasteiger charge is 2.56. The highest BCUT2D eigenvalue weighted by atomic mass is 19.4. The van der Waals surface area contributed by atoms with E-state index in [1.807, 2.05) is 23.1 Å². The largest absolute Gasteiger partial charge is 0.481 e. The number of benzene rings is 2. The van der Waals surface area contributed by atoms with Crippen molar-refractivity contribution in [3.8, 4) is 0 Å². The average Bonchev–Trinajstić information content (AvgIpc) is 3.31. The molecule has 0 radical (unpaired) electrons. The Kier molecular flexibility index (Phi) is 7.27. The highest BCUT2D eigenvalue weighted by molar-refractivity contribution is 5.80. The highest BCUT2D eigenvalue weighted by Crippen LogP contribution is 2.52. The van der Waals surface area contributed by atoms with Crippen LogP contribution >= 0.6 is 0 Å². The fourth-order valence-electron chi connectivity index (χ4n) is 7.25. The van der Waals surface area contributed by atoms with E-state index < -0.39 is 29.1 Å². The first-order chi connectivity index (χ1) is 18.4. The molecule has 8 heteroatoms. The summed E-state index contributed by atoms with van der Waals surface area (Å²) >= 11 is 0. The van der Waals surface area contributed by atoms with Crippen molar-refractivity contribution in [2.45, 2.75) is 88.0 Å². The van der Waals surface area contributed by atoms with E-state index in [2.05, 4.69) is 12.1 Å². The van der Waals surface area contributed by atoms with Gasteiger partial charge in [0.25, 0.3) is 0 Å². The second-order valence-corrected chi connectivity index (χ2v) is 11.7. The fraction of sp³-hybridized carbons (Fsp3) is 0.548. The molecule has 4 nitrogen and oxygen atoms in total. The normalized spacial score (nSPS) is 28.3. The van der Waals surface area contributed by atoms with Crippen LogP contribution in [-0.2, 0) is 33.5 Å². The molecule has 0 aromatic heterocycles. The third-order valence-electron chi connectivity index (χ3n) is 9.63. The maximum Gasteiger partial charge on any atom is 0.426 e. The molecule has 3 unspecified atom stereocenters. The summed E-state index contributed by atoms with van der Waals surface area (Å²) in [6, 6.07) is 14.2. The predicted octanol–water partition coefficient (Wildman–Crippen LogP) is 6.74. The Balaban J connectivity index is 1.46. The van der Waals surface area contributed by atoms with Crippen LogP contribution in [0.15, 0.2) is 48.5 Å². The summed E-state index contributed by atoms with van der Waals surface area (Å²) in [6.45, 7) is 1.13. The minimum Gasteiger partial charge on any atom is -0.481 e. The minimum atomic E-state index is -5.01. The first kappa shape index (κ1) is 27.7. The van der Waals surface area contributed by atoms with Crippen molar-refractivity contribution in [1.29, 1.82) is 0 Å². The van der Waals surface area contributed by atoms with E-state index >= 15 is 0 Å². The van der Waals surface area contributed by atoms with Gasteiger partial charge in [0, 0.05) is 23.9 Å². The number of halogens is 4. The SMILES string of the molecule is CC(F)(c1ccc2c(c1)CCC1N(C(=O)[C@H]3CC[C@H](C(=O)O)CC3)CCC21CCc1ccccc1)C(F)(F)F. The lowest BCUT2D eigenvalue weighted by Gasteiger charge is -2.45. The van der Waals surface area contributed by atoms with Gasteiger partial charge in [0.2, 0.25) is 11.6 Å². The van der Waals surface area contributed by atoms with Crippen LogP contribution in [0.3, 0.4) is 0 Å². The molecule has 1 N–H and O–H groups in total. The van der Waals surface area contributed by atoms with Crippen LogP contribution in [0.5, 0.6) is 0 Å². The summed E-state index contributed by atoms with van der Waals surface area (Å²) in [7, 11) is 0. The van der Waals surface area contributed by atoms with Crippen molar-refractivity contribution < 1.29 is 32.3 Å². The Morgan fingerprint density at radius 3 is 2.28 bits per heavy atom. The number of hydrogen-bond donors (Lipinski definition) is 1. The number of carbonyl (C=O) groups excluding carboxylic acids is 1. The summed E-state index contributed by atoms with van der Waals surface area (Å²) in [5.41, 5.74) is -1.43. The number of aryl methyl sites for hydroxylation is 2. The molecule has 1 saturated carbocycles. The van der Waals surface area contributed by atoms with Gasteiger partial charge in [-0.3, -0.25) is 9.59 Å². The number of aliphatic carboxylic acids is 1. The molecule has 0 bridgehead atoms. The number of fused-ring (bicyclic) bond motifs is 3. The average molecular weight is 546 g/mol. The van der Waals surface area contributed by atoms with Crippen molar-refractivity contribution in [2.75, 3.05) is 6.54 Å². The Morgan fingerprint density at radius 2 is 1.64 bits per heavy atom. The molecule has 1 aliphatic heterocycles. The van der Waals surface area contributed by atoms with Gasteiger partial charge in [-0.25, -0.2) is 4.39 Å². The number of carboxylic acid groups (broad SMARTS) is 1. The molecule has 2 aromatic carbocycles. The van der Waals surface area contributed by atoms with E-state index in [1.165, 1.54) is 12.1 Å². The van der Waals surface area contributed by atoms with Crippen LogP contribution in [0.2, 0.25) is 0 Å². The molecule has 39 heavy (non-hydrogen) atoms. The summed E-state index contributed by atoms with van der Waals surface area (Å²) in [5, 5.41) is 9.34. The van der Waals surface area contributed by atoms with E-state index in [-0.39, 0.29) is 23.4 Å². The molecule has 210 valence electrons. The number of carbonyl (C=O) groups is 2. The second kappa shape index (κ2) is 10.3. The van der Waals surface area contributed by atoms with Crippen LogP contribution in [0.4, 0.5) is 17.6 Å². The lowest BCUT2D eigenvalue weighted by molar-refractivity contribution is -0.228. The molecule has 2 fully saturated rings. The number of nitrogens with zero attached hydrogens (tertiary/aromatic N) is 1. The molecule has 1 heterocycles. The van der Waals surface area contributed by atoms with Crippen molar-refractivity contribution in [3.05, 3.63) is 70.8 Å². The molecule has 2 aliphatic carbocycles. The molecule has 1 saturated heterocycles. The summed E-state index contributed by atoms with van der Waals surface area (Å²) in [5.74, 6) is -1.33. The molecule has 2 aromatic rings. The van der Waals surface area contributed by atoms with E-state index in [4.69, 9.17) is 0 Å². The zero-order valence-electron chi connectivity index (χ0n) is 22.1. The zero-order chi connectivity index (χ0) is 28.0. The van der Waals surface area contributed by atoms with E-state index in [9.17, 15) is 32.3 Å². The maximum absolute atomic E-state index is 14.9. The van der Waals surface area contributed by atoms with Gasteiger partial charge in [-0.1, -0.05) is 48.5 Å². The zero-order valence-corrected chi connectivity index (χ0v) is 22.1. The number of alkyl halides is 4. The maximum atomic E-state index is 14.9. The number of likely N-dealkylation sites (tertiary alicyclic amines) is 1. The van der Waals surface area contributed by atoms with Gasteiger partial charge in [-0.15, -0.1) is 0 Å². The molecule has 1 amide bonds. The monoisotopic (exact) mass is 545 g/mol. The first-order valence-corrected chi connectivity index (χ1v) is 13.9. The van der Waals surface area contributed by atoms with E-state index in [0.717, 1.165) is 29.5 Å². The van der Waals surface area contributed by atoms with Crippen molar-refractivity contribution in [2.24, 2.45) is 11.8 Å². The van der Waals surface area contributed by atoms with E-state index in [0.29, 0.717) is 58.4 Å². The second-order valence-electron chi connectivity index (χ2n) is 11.7. The standard InChI is InChI=1S/C31H35F4NO3/c1-29(32,31(33,34)35)24-12-13-25-23(19-24)11-14-26-30(25,16-15-20-5-3-2-4-6-20)17-18-36(26)27(37)21-7-9-22(10-8-21)28(38)39/h2-6,12-13,19,21-22,26H,7-11,14-18H2,1H3,(H,38,39)/t21-,22-,26?,29?,30?. The van der Waals surface area contributed by atoms with Crippen LogP contribution < -0.4 is 0 Å². The molecule has 3 aliphatic rings. The summed E-state index contributed by atoms with van der Waals surface area (Å²) < 4.78 is 55.3. The third kappa shape index (κ3) is 4.95. The molecular weight excluding hydrogens is 510 g/mol. The first-order valence-electron chi connectivity index (χ1n) is 13.9. The van der Waals surface area contributed by atoms with Gasteiger partial charge in [-0.05, 0) is 87.0 Å². The van der Waals surface area contributed by atoms with Crippen LogP contribution in [0, 0.1) is 11.8 Å². The number of carboxylic acids is 1. The van der Waals surface area contributed by atoms with Crippen molar-refractivity contribution in [3.63, 3.8) is 0 Å². The Hall–Kier alpha value is -2.90. The Labute approximate surface area is 226 Å². The lowest BCUT2D eigenvalue weighted by atomic mass is 9.63. The van der Waals surface area contributed by atoms with Gasteiger partial charge in [0.15, 0.2) is 0 Å². The van der Waals surface area contributed by atoms with E-state index in [1.54, 1.807) is 6.07 Å². The lowest BCUT2D eigenvalue weighted by Crippen LogP contribution is -2.50. The molecular formula is C31H35F4NO3. The van der Waals surface area contributed by atoms with Crippen molar-refractivity contribution >= 4 is 11.9 Å². The number of rotatable bonds is 6. The van der Waals surface area contributed by atoms with Crippen LogP contribution in [0.25, 0.3) is 0 Å². The van der Waals surface area contributed by atoms with Gasteiger partial charge >= 0.3 is 12.1 Å². The van der Waals surface area contributed by atoms with Gasteiger partial charge < -0.3 is 10.0 Å². The number of amides is 1. The molecule has 3 atom stereocenters. The third-order valence-corrected chi connectivity index (χ3v) is 9.63. The van der Waals surface area contributed by atoms with Gasteiger partial charge in [-0.2, -0.15) is 13.2 Å². The topological polar surface area (TPSA) is 57.6 Å². The molecule has 5 rings (SSSR count). The van der Waals surface area contributed by atoms with Gasteiger partial charge in [0.1, 0.15) is 0 Å². The predicted molar refractivity (Wildman–Crippen MR) is 139 cm³/mol. The van der Waals surface area contributed by atoms with Crippen molar-refractivity contribution in [1.82, 2.24) is 4.90 Å². The van der Waals surface area contributed by atoms with Gasteiger partial charge in [0.05, 0.1) is 5.92 Å². The van der Waals surface area contributed by atoms with Crippen LogP contribution in [0.1, 0.15) is 74.1 Å². The minimum absolute atomic E-state index is 0.0684. The van der Waals surface area contributed by atoms with Crippen LogP contribution in [-0.4, -0.2) is 40.6 Å². The smallest absolute Gasteiger partial charge is 0.426 e.